The van der Waals surface area contributed by atoms with Crippen LogP contribution in [-0.2, 0) is 11.3 Å². The Balaban J connectivity index is 1.76. The molecule has 1 saturated heterocycles. The summed E-state index contributed by atoms with van der Waals surface area (Å²) in [6.45, 7) is 2.71. The third-order valence-electron chi connectivity index (χ3n) is 3.92. The first-order valence-corrected chi connectivity index (χ1v) is 7.38. The lowest BCUT2D eigenvalue weighted by molar-refractivity contribution is -0.130. The van der Waals surface area contributed by atoms with Crippen molar-refractivity contribution in [2.75, 3.05) is 20.1 Å². The highest BCUT2D eigenvalue weighted by Gasteiger charge is 2.16. The number of phenolic OH excluding ortho intramolecular Hbond substituents is 1. The second-order valence-electron chi connectivity index (χ2n) is 5.67. The normalized spacial score (nSPS) is 18.8. The molecule has 2 N–H and O–H groups in total. The summed E-state index contributed by atoms with van der Waals surface area (Å²) in [5.41, 5.74) is 0.959. The van der Waals surface area contributed by atoms with Crippen molar-refractivity contribution >= 4 is 5.91 Å². The van der Waals surface area contributed by atoms with Crippen LogP contribution in [0.3, 0.4) is 0 Å². The molecule has 0 aromatic heterocycles. The number of benzene rings is 1. The molecule has 0 bridgehead atoms. The predicted octanol–water partition coefficient (Wildman–Crippen LogP) is 2.13. The van der Waals surface area contributed by atoms with E-state index >= 15 is 0 Å². The van der Waals surface area contributed by atoms with E-state index in [4.69, 9.17) is 0 Å². The zero-order valence-electron chi connectivity index (χ0n) is 12.1. The summed E-state index contributed by atoms with van der Waals surface area (Å²) in [7, 11) is 1.82. The van der Waals surface area contributed by atoms with Crippen LogP contribution in [0, 0.1) is 5.92 Å². The Morgan fingerprint density at radius 2 is 2.35 bits per heavy atom. The Morgan fingerprint density at radius 1 is 1.50 bits per heavy atom. The van der Waals surface area contributed by atoms with E-state index in [9.17, 15) is 9.90 Å². The first kappa shape index (κ1) is 14.9. The van der Waals surface area contributed by atoms with Gasteiger partial charge >= 0.3 is 0 Å². The largest absolute Gasteiger partial charge is 0.508 e. The van der Waals surface area contributed by atoms with Crippen molar-refractivity contribution < 1.29 is 9.90 Å². The Labute approximate surface area is 120 Å². The first-order valence-electron chi connectivity index (χ1n) is 7.38. The van der Waals surface area contributed by atoms with Crippen molar-refractivity contribution in [3.63, 3.8) is 0 Å². The standard InChI is InChI=1S/C16H24N2O2/c1-18(12-14-4-2-6-15(19)10-14)16(20)8-7-13-5-3-9-17-11-13/h2,4,6,10,13,17,19H,3,5,7-9,11-12H2,1H3. The molecule has 1 fully saturated rings. The van der Waals surface area contributed by atoms with E-state index < -0.39 is 0 Å². The summed E-state index contributed by atoms with van der Waals surface area (Å²) < 4.78 is 0. The minimum Gasteiger partial charge on any atom is -0.508 e. The second kappa shape index (κ2) is 7.29. The molecule has 1 heterocycles. The fourth-order valence-electron chi connectivity index (χ4n) is 2.71. The van der Waals surface area contributed by atoms with Crippen LogP contribution in [0.5, 0.6) is 5.75 Å². The highest BCUT2D eigenvalue weighted by molar-refractivity contribution is 5.75. The number of hydrogen-bond donors (Lipinski definition) is 2. The molecule has 1 aliphatic heterocycles. The van der Waals surface area contributed by atoms with Crippen molar-refractivity contribution in [1.29, 1.82) is 0 Å². The first-order chi connectivity index (χ1) is 9.65. The van der Waals surface area contributed by atoms with E-state index in [1.807, 2.05) is 13.1 Å². The van der Waals surface area contributed by atoms with E-state index in [1.54, 1.807) is 23.1 Å². The molecule has 1 aliphatic rings. The number of rotatable bonds is 5. The fraction of sp³-hybridized carbons (Fsp3) is 0.562. The minimum absolute atomic E-state index is 0.180. The van der Waals surface area contributed by atoms with E-state index in [-0.39, 0.29) is 11.7 Å². The van der Waals surface area contributed by atoms with Gasteiger partial charge in [-0.1, -0.05) is 12.1 Å². The van der Waals surface area contributed by atoms with Gasteiger partial charge in [0.25, 0.3) is 0 Å². The smallest absolute Gasteiger partial charge is 0.222 e. The van der Waals surface area contributed by atoms with E-state index in [0.717, 1.165) is 25.1 Å². The number of carbonyl (C=O) groups is 1. The van der Waals surface area contributed by atoms with Crippen LogP contribution in [-0.4, -0.2) is 36.1 Å². The summed E-state index contributed by atoms with van der Waals surface area (Å²) in [4.78, 5) is 13.9. The minimum atomic E-state index is 0.180. The molecule has 2 rings (SSSR count). The molecule has 0 spiro atoms. The number of amides is 1. The number of hydrogen-bond acceptors (Lipinski definition) is 3. The average molecular weight is 276 g/mol. The Hall–Kier alpha value is -1.55. The molecule has 1 amide bonds. The molecule has 1 unspecified atom stereocenters. The molecule has 4 nitrogen and oxygen atoms in total. The third-order valence-corrected chi connectivity index (χ3v) is 3.92. The van der Waals surface area contributed by atoms with Gasteiger partial charge in [0.1, 0.15) is 5.75 Å². The number of piperidine rings is 1. The Bertz CT molecular complexity index is 442. The lowest BCUT2D eigenvalue weighted by atomic mass is 9.94. The van der Waals surface area contributed by atoms with Crippen LogP contribution in [0.1, 0.15) is 31.2 Å². The molecule has 0 saturated carbocycles. The van der Waals surface area contributed by atoms with Gasteiger partial charge in [0.05, 0.1) is 0 Å². The molecule has 0 aliphatic carbocycles. The molecule has 1 aromatic rings. The van der Waals surface area contributed by atoms with Crippen LogP contribution >= 0.6 is 0 Å². The summed E-state index contributed by atoms with van der Waals surface area (Å²) in [5, 5.41) is 12.8. The summed E-state index contributed by atoms with van der Waals surface area (Å²) >= 11 is 0. The quantitative estimate of drug-likeness (QED) is 0.866. The molecule has 0 radical (unpaired) electrons. The summed E-state index contributed by atoms with van der Waals surface area (Å²) in [5.74, 6) is 1.07. The number of phenols is 1. The van der Waals surface area contributed by atoms with Crippen LogP contribution in [0.25, 0.3) is 0 Å². The lowest BCUT2D eigenvalue weighted by Gasteiger charge is -2.24. The second-order valence-corrected chi connectivity index (χ2v) is 5.67. The van der Waals surface area contributed by atoms with E-state index in [2.05, 4.69) is 5.32 Å². The van der Waals surface area contributed by atoms with Crippen LogP contribution in [0.4, 0.5) is 0 Å². The molecule has 110 valence electrons. The molecule has 1 aromatic carbocycles. The molecular formula is C16H24N2O2. The van der Waals surface area contributed by atoms with Gasteiger partial charge in [-0.05, 0) is 56.0 Å². The third kappa shape index (κ3) is 4.53. The van der Waals surface area contributed by atoms with Gasteiger partial charge in [-0.25, -0.2) is 0 Å². The number of nitrogens with zero attached hydrogens (tertiary/aromatic N) is 1. The highest BCUT2D eigenvalue weighted by atomic mass is 16.3. The molecule has 20 heavy (non-hydrogen) atoms. The van der Waals surface area contributed by atoms with Gasteiger partial charge in [0.15, 0.2) is 0 Å². The number of aromatic hydroxyl groups is 1. The topological polar surface area (TPSA) is 52.6 Å². The molecule has 4 heteroatoms. The van der Waals surface area contributed by atoms with Crippen LogP contribution in [0.15, 0.2) is 24.3 Å². The van der Waals surface area contributed by atoms with E-state index in [0.29, 0.717) is 18.9 Å². The van der Waals surface area contributed by atoms with E-state index in [1.165, 1.54) is 12.8 Å². The van der Waals surface area contributed by atoms with Gasteiger partial charge in [0.2, 0.25) is 5.91 Å². The number of carbonyl (C=O) groups excluding carboxylic acids is 1. The van der Waals surface area contributed by atoms with Crippen molar-refractivity contribution in [3.8, 4) is 5.75 Å². The van der Waals surface area contributed by atoms with Crippen molar-refractivity contribution in [2.24, 2.45) is 5.92 Å². The zero-order chi connectivity index (χ0) is 14.4. The number of nitrogens with one attached hydrogen (secondary N) is 1. The molecule has 1 atom stereocenters. The Morgan fingerprint density at radius 3 is 3.05 bits per heavy atom. The maximum absolute atomic E-state index is 12.1. The average Bonchev–Trinajstić information content (AvgIpc) is 2.46. The van der Waals surface area contributed by atoms with Gasteiger partial charge < -0.3 is 15.3 Å². The summed E-state index contributed by atoms with van der Waals surface area (Å²) in [6.07, 6.45) is 4.03. The van der Waals surface area contributed by atoms with Crippen molar-refractivity contribution in [1.82, 2.24) is 10.2 Å². The zero-order valence-corrected chi connectivity index (χ0v) is 12.1. The maximum Gasteiger partial charge on any atom is 0.222 e. The fourth-order valence-corrected chi connectivity index (χ4v) is 2.71. The highest BCUT2D eigenvalue weighted by Crippen LogP contribution is 2.17. The molecular weight excluding hydrogens is 252 g/mol. The van der Waals surface area contributed by atoms with Gasteiger partial charge in [-0.2, -0.15) is 0 Å². The van der Waals surface area contributed by atoms with Crippen molar-refractivity contribution in [3.05, 3.63) is 29.8 Å². The Kier molecular flexibility index (Phi) is 5.41. The van der Waals surface area contributed by atoms with Crippen molar-refractivity contribution in [2.45, 2.75) is 32.2 Å². The van der Waals surface area contributed by atoms with Crippen LogP contribution in [0.2, 0.25) is 0 Å². The summed E-state index contributed by atoms with van der Waals surface area (Å²) in [6, 6.07) is 7.07. The van der Waals surface area contributed by atoms with Gasteiger partial charge in [-0.3, -0.25) is 4.79 Å². The maximum atomic E-state index is 12.1. The van der Waals surface area contributed by atoms with Gasteiger partial charge in [0, 0.05) is 20.0 Å². The SMILES string of the molecule is CN(Cc1cccc(O)c1)C(=O)CCC1CCCNC1. The van der Waals surface area contributed by atoms with Gasteiger partial charge in [-0.15, -0.1) is 0 Å². The lowest BCUT2D eigenvalue weighted by Crippen LogP contribution is -2.31. The monoisotopic (exact) mass is 276 g/mol. The predicted molar refractivity (Wildman–Crippen MR) is 79.4 cm³/mol. The van der Waals surface area contributed by atoms with Crippen LogP contribution < -0.4 is 5.32 Å².